The van der Waals surface area contributed by atoms with E-state index in [2.05, 4.69) is 20.6 Å². The van der Waals surface area contributed by atoms with E-state index in [0.29, 0.717) is 31.1 Å². The molecule has 14 nitrogen and oxygen atoms in total. The molecule has 2 amide bonds. The molecule has 2 aromatic rings. The molecule has 0 aliphatic carbocycles. The Hall–Kier alpha value is -3.50. The lowest BCUT2D eigenvalue weighted by Gasteiger charge is -2.49. The molecule has 1 saturated heterocycles. The van der Waals surface area contributed by atoms with Crippen molar-refractivity contribution < 1.29 is 33.6 Å². The molecule has 2 atom stereocenters. The monoisotopic (exact) mass is 521 g/mol. The molecule has 1 fully saturated rings. The first-order chi connectivity index (χ1) is 16.9. The Morgan fingerprint density at radius 2 is 2.31 bits per heavy atom. The number of nitrogen functional groups attached to an aromatic ring is 1. The van der Waals surface area contributed by atoms with Crippen LogP contribution < -0.4 is 15.6 Å². The van der Waals surface area contributed by atoms with Gasteiger partial charge in [0.05, 0.1) is 13.2 Å². The standard InChI is InChI=1S/C19H20N8O6S2/c1-32-24-12(10-7-35-19(20)22-10)15(28)23-13-16(29)27-14(18(30)31)9(6-34-17(13)27)4-25-8-21-26-2-3-33-5-11(25)26/h7-8,13,17H,2-6H2,1H3,(H3-,20,22,23,28,30,31)/p+1/b24-12-/t13-,17-/m1/s1. The number of nitrogens with zero attached hydrogens (tertiary/aromatic N) is 6. The van der Waals surface area contributed by atoms with Gasteiger partial charge in [-0.2, -0.15) is 0 Å². The van der Waals surface area contributed by atoms with Gasteiger partial charge in [0.25, 0.3) is 24.0 Å². The number of fused-ring (bicyclic) bond motifs is 2. The summed E-state index contributed by atoms with van der Waals surface area (Å²) in [7, 11) is 1.28. The van der Waals surface area contributed by atoms with Crippen molar-refractivity contribution in [2.24, 2.45) is 5.16 Å². The van der Waals surface area contributed by atoms with Crippen LogP contribution in [0.2, 0.25) is 0 Å². The van der Waals surface area contributed by atoms with Crippen molar-refractivity contribution in [3.8, 4) is 0 Å². The summed E-state index contributed by atoms with van der Waals surface area (Å²) in [5, 5.41) is 21.8. The first-order valence-electron chi connectivity index (χ1n) is 10.4. The van der Waals surface area contributed by atoms with E-state index in [-0.39, 0.29) is 28.8 Å². The van der Waals surface area contributed by atoms with Gasteiger partial charge < -0.3 is 25.7 Å². The van der Waals surface area contributed by atoms with E-state index >= 15 is 0 Å². The normalized spacial score (nSPS) is 21.8. The molecule has 3 aliphatic rings. The molecular weight excluding hydrogens is 500 g/mol. The van der Waals surface area contributed by atoms with Crippen LogP contribution in [0.4, 0.5) is 5.13 Å². The molecule has 5 rings (SSSR count). The smallest absolute Gasteiger partial charge is 0.352 e. The third-order valence-electron chi connectivity index (χ3n) is 5.70. The summed E-state index contributed by atoms with van der Waals surface area (Å²) < 4.78 is 9.14. The highest BCUT2D eigenvalue weighted by Gasteiger charge is 2.54. The van der Waals surface area contributed by atoms with Crippen LogP contribution in [-0.4, -0.2) is 79.2 Å². The zero-order valence-corrected chi connectivity index (χ0v) is 20.0. The Balaban J connectivity index is 1.35. The minimum atomic E-state index is -1.21. The van der Waals surface area contributed by atoms with Crippen LogP contribution in [0.5, 0.6) is 0 Å². The first-order valence-corrected chi connectivity index (χ1v) is 12.4. The lowest BCUT2D eigenvalue weighted by molar-refractivity contribution is -0.699. The summed E-state index contributed by atoms with van der Waals surface area (Å²) in [5.74, 6) is -1.22. The molecule has 35 heavy (non-hydrogen) atoms. The van der Waals surface area contributed by atoms with Crippen molar-refractivity contribution in [3.63, 3.8) is 0 Å². The predicted octanol–water partition coefficient (Wildman–Crippen LogP) is -1.47. The molecule has 0 aromatic carbocycles. The highest BCUT2D eigenvalue weighted by atomic mass is 32.2. The molecule has 184 valence electrons. The maximum absolute atomic E-state index is 13.0. The van der Waals surface area contributed by atoms with E-state index < -0.39 is 29.2 Å². The number of thiazole rings is 1. The number of amides is 2. The first kappa shape index (κ1) is 23.3. The molecule has 0 spiro atoms. The van der Waals surface area contributed by atoms with E-state index in [9.17, 15) is 19.5 Å². The SMILES string of the molecule is CO/N=C(\C(=O)N[C@@H]1C(=O)N2C(C(=O)O)=C(C[n+]3cnn4c3COCC4)CS[C@H]12)c1csc(N)n1. The molecule has 0 saturated carbocycles. The van der Waals surface area contributed by atoms with Gasteiger partial charge in [-0.15, -0.1) is 27.8 Å². The molecule has 5 heterocycles. The number of oxime groups is 1. The summed E-state index contributed by atoms with van der Waals surface area (Å²) in [5.41, 5.74) is 6.22. The van der Waals surface area contributed by atoms with E-state index in [0.717, 1.165) is 17.2 Å². The number of nitrogens with one attached hydrogen (secondary N) is 1. The zero-order valence-electron chi connectivity index (χ0n) is 18.4. The second kappa shape index (κ2) is 9.27. The van der Waals surface area contributed by atoms with Gasteiger partial charge in [0.15, 0.2) is 10.8 Å². The average Bonchev–Trinajstić information content (AvgIpc) is 3.46. The van der Waals surface area contributed by atoms with E-state index in [1.165, 1.54) is 23.8 Å². The van der Waals surface area contributed by atoms with E-state index in [1.54, 1.807) is 11.7 Å². The lowest BCUT2D eigenvalue weighted by Crippen LogP contribution is -2.71. The number of nitrogens with two attached hydrogens (primary N) is 1. The van der Waals surface area contributed by atoms with Crippen LogP contribution in [0, 0.1) is 0 Å². The Morgan fingerprint density at radius 1 is 1.49 bits per heavy atom. The minimum absolute atomic E-state index is 0.0773. The minimum Gasteiger partial charge on any atom is -0.477 e. The predicted molar refractivity (Wildman–Crippen MR) is 122 cm³/mol. The van der Waals surface area contributed by atoms with Gasteiger partial charge in [-0.25, -0.2) is 14.3 Å². The summed E-state index contributed by atoms with van der Waals surface area (Å²) in [6.45, 7) is 1.82. The van der Waals surface area contributed by atoms with Crippen LogP contribution in [0.3, 0.4) is 0 Å². The van der Waals surface area contributed by atoms with Crippen LogP contribution in [-0.2, 0) is 43.7 Å². The molecular formula is C19H21N8O6S2+. The highest BCUT2D eigenvalue weighted by Crippen LogP contribution is 2.40. The van der Waals surface area contributed by atoms with Crippen molar-refractivity contribution in [3.05, 3.63) is 34.5 Å². The maximum Gasteiger partial charge on any atom is 0.352 e. The fraction of sp³-hybridized carbons (Fsp3) is 0.421. The number of carbonyl (C=O) groups is 3. The van der Waals surface area contributed by atoms with Crippen LogP contribution in [0.1, 0.15) is 11.5 Å². The topological polar surface area (TPSA) is 178 Å². The maximum atomic E-state index is 13.0. The number of ether oxygens (including phenoxy) is 1. The second-order valence-electron chi connectivity index (χ2n) is 7.76. The van der Waals surface area contributed by atoms with Crippen molar-refractivity contribution >= 4 is 51.7 Å². The quantitative estimate of drug-likeness (QED) is 0.169. The highest BCUT2D eigenvalue weighted by molar-refractivity contribution is 8.00. The third-order valence-corrected chi connectivity index (χ3v) is 7.71. The third kappa shape index (κ3) is 4.12. The van der Waals surface area contributed by atoms with E-state index in [1.807, 2.05) is 9.25 Å². The largest absolute Gasteiger partial charge is 0.477 e. The Morgan fingerprint density at radius 3 is 3.03 bits per heavy atom. The second-order valence-corrected chi connectivity index (χ2v) is 9.76. The lowest BCUT2D eigenvalue weighted by atomic mass is 10.0. The van der Waals surface area contributed by atoms with Gasteiger partial charge in [-0.3, -0.25) is 14.5 Å². The number of hydrogen-bond donors (Lipinski definition) is 3. The molecule has 4 N–H and O–H groups in total. The van der Waals surface area contributed by atoms with Crippen LogP contribution in [0.25, 0.3) is 0 Å². The molecule has 2 aromatic heterocycles. The molecule has 0 unspecified atom stereocenters. The van der Waals surface area contributed by atoms with Gasteiger partial charge in [-0.1, -0.05) is 5.16 Å². The fourth-order valence-electron chi connectivity index (χ4n) is 4.11. The summed E-state index contributed by atoms with van der Waals surface area (Å²) in [4.78, 5) is 48.0. The summed E-state index contributed by atoms with van der Waals surface area (Å²) in [6, 6.07) is -0.925. The molecule has 0 radical (unpaired) electrons. The van der Waals surface area contributed by atoms with Crippen molar-refractivity contribution in [1.29, 1.82) is 0 Å². The molecule has 3 aliphatic heterocycles. The average molecular weight is 522 g/mol. The number of thioether (sulfide) groups is 1. The van der Waals surface area contributed by atoms with Gasteiger partial charge in [0, 0.05) is 21.8 Å². The number of aromatic nitrogens is 4. The molecule has 16 heteroatoms. The number of β-lactam (4-membered cyclic amide) rings is 1. The van der Waals surface area contributed by atoms with E-state index in [4.69, 9.17) is 15.3 Å². The number of anilines is 1. The number of rotatable bonds is 7. The van der Waals surface area contributed by atoms with Gasteiger partial charge in [0.1, 0.15) is 43.1 Å². The number of carboxylic acids is 1. The van der Waals surface area contributed by atoms with Crippen molar-refractivity contribution in [2.75, 3.05) is 25.2 Å². The summed E-state index contributed by atoms with van der Waals surface area (Å²) in [6.07, 6.45) is 1.64. The number of carbonyl (C=O) groups excluding carboxylic acids is 2. The Bertz CT molecular complexity index is 1270. The fourth-order valence-corrected chi connectivity index (χ4v) is 5.99. The zero-order chi connectivity index (χ0) is 24.7. The van der Waals surface area contributed by atoms with Crippen molar-refractivity contribution in [2.45, 2.75) is 31.1 Å². The van der Waals surface area contributed by atoms with Crippen LogP contribution in [0.15, 0.2) is 28.1 Å². The van der Waals surface area contributed by atoms with Crippen LogP contribution >= 0.6 is 23.1 Å². The van der Waals surface area contributed by atoms with Gasteiger partial charge in [-0.05, 0) is 0 Å². The Kier molecular flexibility index (Phi) is 6.16. The summed E-state index contributed by atoms with van der Waals surface area (Å²) >= 11 is 2.50. The number of carboxylic acid groups (broad SMARTS) is 1. The van der Waals surface area contributed by atoms with Crippen molar-refractivity contribution in [1.82, 2.24) is 25.0 Å². The number of hydrogen-bond acceptors (Lipinski definition) is 11. The Labute approximate surface area is 206 Å². The van der Waals surface area contributed by atoms with Gasteiger partial charge in [0.2, 0.25) is 0 Å². The van der Waals surface area contributed by atoms with Gasteiger partial charge >= 0.3 is 5.97 Å². The molecule has 0 bridgehead atoms. The number of aliphatic carboxylic acids is 1.